The number of amides is 1. The lowest BCUT2D eigenvalue weighted by molar-refractivity contribution is -0.378. The van der Waals surface area contributed by atoms with Gasteiger partial charge in [0.1, 0.15) is 62.0 Å². The summed E-state index contributed by atoms with van der Waals surface area (Å²) >= 11 is 0. The van der Waals surface area contributed by atoms with E-state index in [2.05, 4.69) is 32.0 Å². The van der Waals surface area contributed by atoms with Crippen LogP contribution in [0.3, 0.4) is 0 Å². The first-order chi connectivity index (χ1) is 37.5. The molecule has 3 aliphatic rings. The molecule has 0 aromatic heterocycles. The first-order valence-corrected chi connectivity index (χ1v) is 29.3. The molecule has 79 heavy (non-hydrogen) atoms. The Hall–Kier alpha value is -5.61. The Kier molecular flexibility index (Phi) is 23.1. The standard InChI is InChI=1S/C58H77NO19Si/c1-13-29-65-55-46(59-36(3)60)50(78-56-53(69-32-43-27-21-16-22-28-43)51(68-31-42-25-19-15-20-26-42)47(35(2)71-56)67-30-41-23-17-14-18-24-41)48(45(75-55)34-70-79(11,12)58(8,9)10)77-57-54(74-40(7)64)52(73-39(6)63)49(72-38(5)62)44(76-57)33-66-37(4)61/h1,14-28,35,44-57H,29-34H2,2-12H3,(H,59,60)/t35-,44?,45+,46+,47+,48+,49?,50+,51+,52?,53-,54?,55+,56-,57?/m0/s1. The number of hydrogen-bond acceptors (Lipinski definition) is 19. The van der Waals surface area contributed by atoms with Crippen molar-refractivity contribution in [2.75, 3.05) is 19.8 Å². The Morgan fingerprint density at radius 1 is 0.544 bits per heavy atom. The minimum atomic E-state index is -2.65. The zero-order chi connectivity index (χ0) is 57.4. The first kappa shape index (κ1) is 62.6. The molecule has 6 rings (SSSR count). The molecule has 3 aromatic carbocycles. The van der Waals surface area contributed by atoms with E-state index in [0.717, 1.165) is 44.4 Å². The highest BCUT2D eigenvalue weighted by atomic mass is 28.4. The fourth-order valence-corrected chi connectivity index (χ4v) is 10.1. The van der Waals surface area contributed by atoms with Crippen molar-refractivity contribution in [3.05, 3.63) is 108 Å². The zero-order valence-electron chi connectivity index (χ0n) is 46.9. The lowest BCUT2D eigenvalue weighted by atomic mass is 9.94. The van der Waals surface area contributed by atoms with Crippen LogP contribution in [0.2, 0.25) is 18.1 Å². The largest absolute Gasteiger partial charge is 0.463 e. The molecule has 3 aliphatic heterocycles. The molecule has 0 radical (unpaired) electrons. The van der Waals surface area contributed by atoms with Crippen molar-refractivity contribution >= 4 is 38.1 Å². The predicted molar refractivity (Wildman–Crippen MR) is 285 cm³/mol. The minimum absolute atomic E-state index is 0.0597. The molecule has 1 amide bonds. The normalized spacial score (nSPS) is 29.1. The van der Waals surface area contributed by atoms with E-state index in [1.165, 1.54) is 6.92 Å². The maximum atomic E-state index is 13.5. The Morgan fingerprint density at radius 2 is 1.00 bits per heavy atom. The van der Waals surface area contributed by atoms with Gasteiger partial charge in [0, 0.05) is 34.6 Å². The van der Waals surface area contributed by atoms with E-state index in [0.29, 0.717) is 0 Å². The fourth-order valence-electron chi connectivity index (χ4n) is 9.12. The van der Waals surface area contributed by atoms with E-state index in [4.69, 9.17) is 72.4 Å². The molecular weight excluding hydrogens is 1040 g/mol. The molecule has 5 unspecified atom stereocenters. The predicted octanol–water partition coefficient (Wildman–Crippen LogP) is 6.24. The van der Waals surface area contributed by atoms with Gasteiger partial charge in [-0.05, 0) is 41.7 Å². The van der Waals surface area contributed by atoms with Crippen LogP contribution in [0, 0.1) is 12.3 Å². The van der Waals surface area contributed by atoms with E-state index >= 15 is 0 Å². The molecule has 20 nitrogen and oxygen atoms in total. The third kappa shape index (κ3) is 17.9. The Morgan fingerprint density at radius 3 is 1.49 bits per heavy atom. The number of hydrogen-bond donors (Lipinski definition) is 1. The van der Waals surface area contributed by atoms with Crippen LogP contribution in [-0.2, 0) is 110 Å². The maximum absolute atomic E-state index is 13.5. The number of carbonyl (C=O) groups is 5. The highest BCUT2D eigenvalue weighted by Gasteiger charge is 2.58. The second kappa shape index (κ2) is 29.2. The van der Waals surface area contributed by atoms with E-state index in [9.17, 15) is 24.0 Å². The van der Waals surface area contributed by atoms with Crippen molar-refractivity contribution in [1.29, 1.82) is 0 Å². The van der Waals surface area contributed by atoms with Crippen molar-refractivity contribution in [2.45, 2.75) is 192 Å². The number of nitrogens with one attached hydrogen (secondary N) is 1. The molecule has 3 heterocycles. The summed E-state index contributed by atoms with van der Waals surface area (Å²) in [5.74, 6) is -1.31. The van der Waals surface area contributed by atoms with Crippen LogP contribution in [0.25, 0.3) is 0 Å². The highest BCUT2D eigenvalue weighted by molar-refractivity contribution is 6.74. The van der Waals surface area contributed by atoms with Crippen molar-refractivity contribution in [1.82, 2.24) is 5.32 Å². The van der Waals surface area contributed by atoms with Crippen molar-refractivity contribution in [2.24, 2.45) is 0 Å². The molecule has 0 aliphatic carbocycles. The fraction of sp³-hybridized carbons (Fsp3) is 0.569. The SMILES string of the molecule is C#CCO[C@@H]1O[C@H](CO[Si](C)(C)C(C)(C)C)[C@@H](OC2OC(COC(C)=O)C(OC(C)=O)C(OC(C)=O)C2OC(C)=O)[C@H](O[C@@H]2O[C@@H](C)[C@@H](OCc3ccccc3)[C@@H](OCc3ccccc3)[C@@H]2OCc2ccccc2)[C@H]1NC(C)=O. The number of esters is 4. The topological polar surface area (TPSA) is 227 Å². The zero-order valence-corrected chi connectivity index (χ0v) is 47.9. The summed E-state index contributed by atoms with van der Waals surface area (Å²) in [5, 5.41) is 2.63. The van der Waals surface area contributed by atoms with Gasteiger partial charge >= 0.3 is 23.9 Å². The Bertz CT molecular complexity index is 2470. The van der Waals surface area contributed by atoms with Gasteiger partial charge in [-0.1, -0.05) is 118 Å². The summed E-state index contributed by atoms with van der Waals surface area (Å²) in [7, 11) is -2.65. The average Bonchev–Trinajstić information content (AvgIpc) is 3.49. The minimum Gasteiger partial charge on any atom is -0.463 e. The van der Waals surface area contributed by atoms with Gasteiger partial charge in [0.15, 0.2) is 45.5 Å². The first-order valence-electron chi connectivity index (χ1n) is 26.4. The number of terminal acetylenes is 1. The molecule has 3 saturated heterocycles. The van der Waals surface area contributed by atoms with E-state index in [1.54, 1.807) is 0 Å². The number of rotatable bonds is 24. The summed E-state index contributed by atoms with van der Waals surface area (Å²) in [5.41, 5.74) is 2.60. The molecule has 0 spiro atoms. The van der Waals surface area contributed by atoms with Crippen molar-refractivity contribution < 1.29 is 90.0 Å². The molecule has 3 aromatic rings. The van der Waals surface area contributed by atoms with Gasteiger partial charge in [0.05, 0.1) is 32.5 Å². The van der Waals surface area contributed by atoms with Gasteiger partial charge < -0.3 is 71.3 Å². The molecule has 21 heteroatoms. The average molecular weight is 1120 g/mol. The van der Waals surface area contributed by atoms with Crippen LogP contribution in [0.15, 0.2) is 91.0 Å². The highest BCUT2D eigenvalue weighted by Crippen LogP contribution is 2.40. The van der Waals surface area contributed by atoms with Gasteiger partial charge in [-0.15, -0.1) is 6.42 Å². The lowest BCUT2D eigenvalue weighted by Crippen LogP contribution is -2.70. The molecule has 1 N–H and O–H groups in total. The van der Waals surface area contributed by atoms with Gasteiger partial charge in [-0.2, -0.15) is 0 Å². The van der Waals surface area contributed by atoms with Crippen LogP contribution >= 0.6 is 0 Å². The van der Waals surface area contributed by atoms with Crippen LogP contribution < -0.4 is 5.32 Å². The van der Waals surface area contributed by atoms with Gasteiger partial charge in [0.2, 0.25) is 5.91 Å². The quantitative estimate of drug-likeness (QED) is 0.0453. The smallest absolute Gasteiger partial charge is 0.303 e. The van der Waals surface area contributed by atoms with Gasteiger partial charge in [-0.3, -0.25) is 24.0 Å². The van der Waals surface area contributed by atoms with Gasteiger partial charge in [0.25, 0.3) is 0 Å². The number of benzene rings is 3. The van der Waals surface area contributed by atoms with E-state index in [-0.39, 0.29) is 38.1 Å². The summed E-state index contributed by atoms with van der Waals surface area (Å²) < 4.78 is 91.0. The third-order valence-corrected chi connectivity index (χ3v) is 18.4. The van der Waals surface area contributed by atoms with E-state index in [1.807, 2.05) is 111 Å². The van der Waals surface area contributed by atoms with Crippen LogP contribution in [0.5, 0.6) is 0 Å². The summed E-state index contributed by atoms with van der Waals surface area (Å²) in [6.45, 7) is 17.3. The molecular formula is C58H77NO19Si. The monoisotopic (exact) mass is 1120 g/mol. The Labute approximate surface area is 464 Å². The maximum Gasteiger partial charge on any atom is 0.303 e. The molecule has 3 fully saturated rings. The van der Waals surface area contributed by atoms with Crippen LogP contribution in [-0.4, -0.2) is 150 Å². The molecule has 432 valence electrons. The van der Waals surface area contributed by atoms with Crippen molar-refractivity contribution in [3.8, 4) is 12.3 Å². The third-order valence-electron chi connectivity index (χ3n) is 13.9. The van der Waals surface area contributed by atoms with Crippen LogP contribution in [0.1, 0.15) is 79.0 Å². The molecule has 0 saturated carbocycles. The number of carbonyl (C=O) groups excluding carboxylic acids is 5. The Balaban J connectivity index is 1.54. The van der Waals surface area contributed by atoms with E-state index < -0.39 is 137 Å². The summed E-state index contributed by atoms with van der Waals surface area (Å²) in [6, 6.07) is 27.5. The van der Waals surface area contributed by atoms with Crippen LogP contribution in [0.4, 0.5) is 0 Å². The summed E-state index contributed by atoms with van der Waals surface area (Å²) in [6.07, 6.45) is -12.4. The van der Waals surface area contributed by atoms with Crippen molar-refractivity contribution in [3.63, 3.8) is 0 Å². The second-order valence-electron chi connectivity index (χ2n) is 21.1. The molecule has 15 atom stereocenters. The summed E-state index contributed by atoms with van der Waals surface area (Å²) in [4.78, 5) is 64.7. The second-order valence-corrected chi connectivity index (χ2v) is 25.9. The number of ether oxygens (including phenoxy) is 13. The van der Waals surface area contributed by atoms with Gasteiger partial charge in [-0.25, -0.2) is 0 Å². The lowest BCUT2D eigenvalue weighted by Gasteiger charge is -2.52. The molecule has 0 bridgehead atoms.